The Labute approximate surface area is 110 Å². The standard InChI is InChI=1S/C15H24N2O/c1-6-17(5)15(18)13(4)16-10-14-8-11(2)7-12(3)9-14/h7-9,13,16H,6,10H2,1-5H3. The van der Waals surface area contributed by atoms with Crippen LogP contribution < -0.4 is 5.32 Å². The van der Waals surface area contributed by atoms with Crippen molar-refractivity contribution in [2.45, 2.75) is 40.3 Å². The van der Waals surface area contributed by atoms with Crippen LogP contribution in [0.15, 0.2) is 18.2 Å². The number of benzene rings is 1. The van der Waals surface area contributed by atoms with Gasteiger partial charge in [-0.2, -0.15) is 0 Å². The number of hydrogen-bond donors (Lipinski definition) is 1. The Morgan fingerprint density at radius 3 is 2.33 bits per heavy atom. The average molecular weight is 248 g/mol. The summed E-state index contributed by atoms with van der Waals surface area (Å²) in [6, 6.07) is 6.32. The van der Waals surface area contributed by atoms with Crippen molar-refractivity contribution < 1.29 is 4.79 Å². The van der Waals surface area contributed by atoms with Gasteiger partial charge >= 0.3 is 0 Å². The van der Waals surface area contributed by atoms with Gasteiger partial charge in [0, 0.05) is 20.1 Å². The summed E-state index contributed by atoms with van der Waals surface area (Å²) in [5.74, 6) is 0.141. The minimum absolute atomic E-state index is 0.141. The van der Waals surface area contributed by atoms with E-state index in [0.717, 1.165) is 13.1 Å². The van der Waals surface area contributed by atoms with Crippen molar-refractivity contribution in [1.29, 1.82) is 0 Å². The fourth-order valence-corrected chi connectivity index (χ4v) is 2.02. The van der Waals surface area contributed by atoms with Crippen molar-refractivity contribution in [3.05, 3.63) is 34.9 Å². The molecule has 0 radical (unpaired) electrons. The van der Waals surface area contributed by atoms with E-state index < -0.39 is 0 Å². The molecule has 1 atom stereocenters. The lowest BCUT2D eigenvalue weighted by molar-refractivity contribution is -0.131. The smallest absolute Gasteiger partial charge is 0.239 e. The molecule has 100 valence electrons. The molecular formula is C15H24N2O. The van der Waals surface area contributed by atoms with Gasteiger partial charge in [-0.3, -0.25) is 4.79 Å². The predicted molar refractivity (Wildman–Crippen MR) is 75.5 cm³/mol. The maximum Gasteiger partial charge on any atom is 0.239 e. The van der Waals surface area contributed by atoms with E-state index in [9.17, 15) is 4.79 Å². The summed E-state index contributed by atoms with van der Waals surface area (Å²) < 4.78 is 0. The molecule has 3 nitrogen and oxygen atoms in total. The van der Waals surface area contributed by atoms with Crippen molar-refractivity contribution in [1.82, 2.24) is 10.2 Å². The lowest BCUT2D eigenvalue weighted by Gasteiger charge is -2.20. The molecule has 0 bridgehead atoms. The molecular weight excluding hydrogens is 224 g/mol. The monoisotopic (exact) mass is 248 g/mol. The second kappa shape index (κ2) is 6.55. The fourth-order valence-electron chi connectivity index (χ4n) is 2.02. The molecule has 1 rings (SSSR count). The Morgan fingerprint density at radius 2 is 1.83 bits per heavy atom. The molecule has 0 fully saturated rings. The summed E-state index contributed by atoms with van der Waals surface area (Å²) in [4.78, 5) is 13.6. The fraction of sp³-hybridized carbons (Fsp3) is 0.533. The zero-order valence-corrected chi connectivity index (χ0v) is 12.1. The largest absolute Gasteiger partial charge is 0.345 e. The molecule has 0 saturated carbocycles. The first-order valence-corrected chi connectivity index (χ1v) is 6.49. The summed E-state index contributed by atoms with van der Waals surface area (Å²) in [5, 5.41) is 3.28. The number of nitrogens with zero attached hydrogens (tertiary/aromatic N) is 1. The summed E-state index contributed by atoms with van der Waals surface area (Å²) in [6.07, 6.45) is 0. The van der Waals surface area contributed by atoms with Crippen LogP contribution in [0.2, 0.25) is 0 Å². The van der Waals surface area contributed by atoms with Crippen molar-refractivity contribution >= 4 is 5.91 Å². The van der Waals surface area contributed by atoms with E-state index in [2.05, 4.69) is 37.4 Å². The van der Waals surface area contributed by atoms with Crippen LogP contribution in [0.3, 0.4) is 0 Å². The number of nitrogens with one attached hydrogen (secondary N) is 1. The molecule has 0 spiro atoms. The Bertz CT molecular complexity index is 395. The molecule has 0 aliphatic carbocycles. The van der Waals surface area contributed by atoms with Gasteiger partial charge < -0.3 is 10.2 Å². The van der Waals surface area contributed by atoms with Crippen molar-refractivity contribution in [2.75, 3.05) is 13.6 Å². The molecule has 1 aromatic carbocycles. The highest BCUT2D eigenvalue weighted by atomic mass is 16.2. The predicted octanol–water partition coefficient (Wildman–Crippen LogP) is 2.26. The highest BCUT2D eigenvalue weighted by Gasteiger charge is 2.15. The first kappa shape index (κ1) is 14.7. The molecule has 1 aromatic rings. The van der Waals surface area contributed by atoms with Crippen LogP contribution in [0.5, 0.6) is 0 Å². The second-order valence-electron chi connectivity index (χ2n) is 4.95. The van der Waals surface area contributed by atoms with Gasteiger partial charge in [-0.25, -0.2) is 0 Å². The molecule has 0 aliphatic rings. The van der Waals surface area contributed by atoms with Crippen molar-refractivity contribution in [3.8, 4) is 0 Å². The van der Waals surface area contributed by atoms with Gasteiger partial charge in [-0.05, 0) is 33.3 Å². The third-order valence-electron chi connectivity index (χ3n) is 3.11. The number of aryl methyl sites for hydroxylation is 2. The van der Waals surface area contributed by atoms with E-state index in [1.54, 1.807) is 4.90 Å². The van der Waals surface area contributed by atoms with Gasteiger partial charge in [-0.1, -0.05) is 29.3 Å². The van der Waals surface area contributed by atoms with Crippen LogP contribution in [0.25, 0.3) is 0 Å². The van der Waals surface area contributed by atoms with Crippen LogP contribution in [0.4, 0.5) is 0 Å². The first-order chi connectivity index (χ1) is 8.43. The number of likely N-dealkylation sites (N-methyl/N-ethyl adjacent to an activating group) is 1. The van der Waals surface area contributed by atoms with Crippen LogP contribution in [0.1, 0.15) is 30.5 Å². The lowest BCUT2D eigenvalue weighted by Crippen LogP contribution is -2.42. The van der Waals surface area contributed by atoms with E-state index >= 15 is 0 Å². The normalized spacial score (nSPS) is 12.3. The van der Waals surface area contributed by atoms with Gasteiger partial charge in [0.1, 0.15) is 0 Å². The summed E-state index contributed by atoms with van der Waals surface area (Å²) >= 11 is 0. The number of carbonyl (C=O) groups is 1. The Morgan fingerprint density at radius 1 is 1.28 bits per heavy atom. The second-order valence-corrected chi connectivity index (χ2v) is 4.95. The zero-order chi connectivity index (χ0) is 13.7. The van der Waals surface area contributed by atoms with E-state index in [1.807, 2.05) is 20.9 Å². The van der Waals surface area contributed by atoms with Crippen molar-refractivity contribution in [2.24, 2.45) is 0 Å². The summed E-state index contributed by atoms with van der Waals surface area (Å²) in [7, 11) is 1.83. The topological polar surface area (TPSA) is 32.3 Å². The Balaban J connectivity index is 2.57. The molecule has 18 heavy (non-hydrogen) atoms. The minimum Gasteiger partial charge on any atom is -0.345 e. The maximum absolute atomic E-state index is 11.9. The highest BCUT2D eigenvalue weighted by molar-refractivity contribution is 5.81. The van der Waals surface area contributed by atoms with E-state index in [-0.39, 0.29) is 11.9 Å². The van der Waals surface area contributed by atoms with Crippen molar-refractivity contribution in [3.63, 3.8) is 0 Å². The molecule has 1 N–H and O–H groups in total. The molecule has 0 saturated heterocycles. The van der Waals surface area contributed by atoms with Gasteiger partial charge in [0.15, 0.2) is 0 Å². The van der Waals surface area contributed by atoms with Gasteiger partial charge in [0.25, 0.3) is 0 Å². The molecule has 0 aliphatic heterocycles. The zero-order valence-electron chi connectivity index (χ0n) is 12.1. The van der Waals surface area contributed by atoms with Gasteiger partial charge in [0.05, 0.1) is 6.04 Å². The highest BCUT2D eigenvalue weighted by Crippen LogP contribution is 2.08. The summed E-state index contributed by atoms with van der Waals surface area (Å²) in [6.45, 7) is 9.55. The quantitative estimate of drug-likeness (QED) is 0.867. The maximum atomic E-state index is 11.9. The van der Waals surface area contributed by atoms with Crippen LogP contribution in [-0.2, 0) is 11.3 Å². The van der Waals surface area contributed by atoms with E-state index in [1.165, 1.54) is 16.7 Å². The van der Waals surface area contributed by atoms with E-state index in [0.29, 0.717) is 0 Å². The number of amides is 1. The number of rotatable bonds is 5. The average Bonchev–Trinajstić information content (AvgIpc) is 2.32. The van der Waals surface area contributed by atoms with E-state index in [4.69, 9.17) is 0 Å². The van der Waals surface area contributed by atoms with Gasteiger partial charge in [-0.15, -0.1) is 0 Å². The molecule has 0 heterocycles. The van der Waals surface area contributed by atoms with Crippen LogP contribution >= 0.6 is 0 Å². The molecule has 1 amide bonds. The lowest BCUT2D eigenvalue weighted by atomic mass is 10.1. The number of hydrogen-bond acceptors (Lipinski definition) is 2. The molecule has 3 heteroatoms. The van der Waals surface area contributed by atoms with Crippen LogP contribution in [-0.4, -0.2) is 30.4 Å². The Kier molecular flexibility index (Phi) is 5.35. The molecule has 0 aromatic heterocycles. The summed E-state index contributed by atoms with van der Waals surface area (Å²) in [5.41, 5.74) is 3.75. The van der Waals surface area contributed by atoms with Gasteiger partial charge in [0.2, 0.25) is 5.91 Å². The molecule has 1 unspecified atom stereocenters. The first-order valence-electron chi connectivity index (χ1n) is 6.49. The van der Waals surface area contributed by atoms with Crippen LogP contribution in [0, 0.1) is 13.8 Å². The Hall–Kier alpha value is -1.35. The minimum atomic E-state index is -0.143. The SMILES string of the molecule is CCN(C)C(=O)C(C)NCc1cc(C)cc(C)c1. The number of carbonyl (C=O) groups excluding carboxylic acids is 1. The third kappa shape index (κ3) is 4.15. The third-order valence-corrected chi connectivity index (χ3v) is 3.11.